The number of hydrogen-bond acceptors (Lipinski definition) is 5. The molecule has 1 fully saturated rings. The fraction of sp³-hybridized carbons (Fsp3) is 0.500. The zero-order chi connectivity index (χ0) is 20.1. The molecule has 1 aromatic rings. The van der Waals surface area contributed by atoms with E-state index in [9.17, 15) is 19.2 Å². The summed E-state index contributed by atoms with van der Waals surface area (Å²) in [6, 6.07) is 6.76. The highest BCUT2D eigenvalue weighted by Crippen LogP contribution is 2.22. The summed E-state index contributed by atoms with van der Waals surface area (Å²) >= 11 is 0. The lowest BCUT2D eigenvalue weighted by Crippen LogP contribution is -2.50. The number of carbonyl (C=O) groups is 4. The van der Waals surface area contributed by atoms with Crippen LogP contribution in [0.15, 0.2) is 24.3 Å². The van der Waals surface area contributed by atoms with Crippen molar-refractivity contribution >= 4 is 23.6 Å². The average Bonchev–Trinajstić information content (AvgIpc) is 2.97. The standard InChI is InChI=1S/C20H25N3O5/c1-28-14-8-18(25)22-12-10-21(11-13-22)17(24)7-4-9-23-19(26)15-5-2-3-6-16(15)20(23)27/h2-3,5-6H,4,7-14H2,1H3. The molecule has 4 amide bonds. The summed E-state index contributed by atoms with van der Waals surface area (Å²) < 4.78 is 4.92. The molecule has 0 aliphatic carbocycles. The highest BCUT2D eigenvalue weighted by Gasteiger charge is 2.34. The van der Waals surface area contributed by atoms with E-state index in [-0.39, 0.29) is 36.6 Å². The molecule has 0 bridgehead atoms. The fourth-order valence-electron chi connectivity index (χ4n) is 3.54. The number of carbonyl (C=O) groups excluding carboxylic acids is 4. The van der Waals surface area contributed by atoms with Crippen molar-refractivity contribution in [3.8, 4) is 0 Å². The van der Waals surface area contributed by atoms with Crippen LogP contribution in [0.2, 0.25) is 0 Å². The average molecular weight is 387 g/mol. The Labute approximate surface area is 164 Å². The molecule has 0 spiro atoms. The van der Waals surface area contributed by atoms with Crippen LogP contribution < -0.4 is 0 Å². The lowest BCUT2D eigenvalue weighted by molar-refractivity contribution is -0.140. The van der Waals surface area contributed by atoms with Crippen molar-refractivity contribution in [1.29, 1.82) is 0 Å². The van der Waals surface area contributed by atoms with Gasteiger partial charge in [-0.3, -0.25) is 24.1 Å². The van der Waals surface area contributed by atoms with Gasteiger partial charge in [0, 0.05) is 46.3 Å². The van der Waals surface area contributed by atoms with Gasteiger partial charge in [0.25, 0.3) is 11.8 Å². The molecule has 0 radical (unpaired) electrons. The molecule has 2 aliphatic rings. The number of benzene rings is 1. The van der Waals surface area contributed by atoms with Gasteiger partial charge in [0.1, 0.15) is 0 Å². The number of nitrogens with zero attached hydrogens (tertiary/aromatic N) is 3. The third-order valence-electron chi connectivity index (χ3n) is 5.16. The van der Waals surface area contributed by atoms with E-state index >= 15 is 0 Å². The number of rotatable bonds is 7. The lowest BCUT2D eigenvalue weighted by atomic mass is 10.1. The van der Waals surface area contributed by atoms with Gasteiger partial charge in [0.15, 0.2) is 0 Å². The van der Waals surface area contributed by atoms with Crippen molar-refractivity contribution in [1.82, 2.24) is 14.7 Å². The molecule has 8 heteroatoms. The van der Waals surface area contributed by atoms with E-state index in [1.165, 1.54) is 4.90 Å². The summed E-state index contributed by atoms with van der Waals surface area (Å²) in [5, 5.41) is 0. The van der Waals surface area contributed by atoms with Gasteiger partial charge in [-0.25, -0.2) is 0 Å². The van der Waals surface area contributed by atoms with Crippen LogP contribution in [0.3, 0.4) is 0 Å². The number of hydrogen-bond donors (Lipinski definition) is 0. The molecule has 0 aromatic heterocycles. The summed E-state index contributed by atoms with van der Waals surface area (Å²) in [5.74, 6) is -0.562. The summed E-state index contributed by atoms with van der Waals surface area (Å²) in [6.07, 6.45) is 1.05. The third kappa shape index (κ3) is 4.22. The first-order valence-electron chi connectivity index (χ1n) is 9.52. The van der Waals surface area contributed by atoms with Crippen LogP contribution >= 0.6 is 0 Å². The summed E-state index contributed by atoms with van der Waals surface area (Å²) in [6.45, 7) is 2.68. The van der Waals surface area contributed by atoms with Crippen LogP contribution in [0.5, 0.6) is 0 Å². The lowest BCUT2D eigenvalue weighted by Gasteiger charge is -2.35. The Morgan fingerprint density at radius 1 is 0.893 bits per heavy atom. The van der Waals surface area contributed by atoms with Crippen LogP contribution in [0.4, 0.5) is 0 Å². The van der Waals surface area contributed by atoms with Crippen LogP contribution in [0.25, 0.3) is 0 Å². The highest BCUT2D eigenvalue weighted by molar-refractivity contribution is 6.21. The minimum Gasteiger partial charge on any atom is -0.384 e. The van der Waals surface area contributed by atoms with Gasteiger partial charge in [-0.2, -0.15) is 0 Å². The maximum atomic E-state index is 12.4. The molecule has 1 saturated heterocycles. The third-order valence-corrected chi connectivity index (χ3v) is 5.16. The van der Waals surface area contributed by atoms with Crippen LogP contribution in [-0.2, 0) is 14.3 Å². The molecule has 0 atom stereocenters. The Bertz CT molecular complexity index is 736. The number of methoxy groups -OCH3 is 1. The second-order valence-electron chi connectivity index (χ2n) is 6.92. The van der Waals surface area contributed by atoms with Crippen LogP contribution in [0.1, 0.15) is 40.0 Å². The number of piperazine rings is 1. The molecule has 0 N–H and O–H groups in total. The van der Waals surface area contributed by atoms with E-state index in [0.29, 0.717) is 56.8 Å². The Hall–Kier alpha value is -2.74. The molecule has 0 saturated carbocycles. The predicted molar refractivity (Wildman–Crippen MR) is 101 cm³/mol. The molecule has 3 rings (SSSR count). The van der Waals surface area contributed by atoms with E-state index in [0.717, 1.165) is 0 Å². The van der Waals surface area contributed by atoms with Crippen molar-refractivity contribution < 1.29 is 23.9 Å². The van der Waals surface area contributed by atoms with Crippen molar-refractivity contribution in [3.63, 3.8) is 0 Å². The molecule has 2 aliphatic heterocycles. The molecular weight excluding hydrogens is 362 g/mol. The highest BCUT2D eigenvalue weighted by atomic mass is 16.5. The first-order valence-corrected chi connectivity index (χ1v) is 9.52. The molecular formula is C20H25N3O5. The zero-order valence-corrected chi connectivity index (χ0v) is 16.1. The summed E-state index contributed by atoms with van der Waals surface area (Å²) in [7, 11) is 1.56. The molecule has 0 unspecified atom stereocenters. The zero-order valence-electron chi connectivity index (χ0n) is 16.1. The van der Waals surface area contributed by atoms with Gasteiger partial charge in [-0.05, 0) is 18.6 Å². The Morgan fingerprint density at radius 2 is 1.39 bits per heavy atom. The molecule has 1 aromatic carbocycles. The van der Waals surface area contributed by atoms with Crippen molar-refractivity contribution in [2.45, 2.75) is 19.3 Å². The Kier molecular flexibility index (Phi) is 6.41. The minimum atomic E-state index is -0.295. The van der Waals surface area contributed by atoms with E-state index in [1.807, 2.05) is 0 Å². The number of amides is 4. The van der Waals surface area contributed by atoms with E-state index in [2.05, 4.69) is 0 Å². The van der Waals surface area contributed by atoms with Gasteiger partial charge >= 0.3 is 0 Å². The van der Waals surface area contributed by atoms with Gasteiger partial charge < -0.3 is 14.5 Å². The first kappa shape index (κ1) is 20.0. The van der Waals surface area contributed by atoms with Gasteiger partial charge in [-0.15, -0.1) is 0 Å². The largest absolute Gasteiger partial charge is 0.384 e. The molecule has 150 valence electrons. The smallest absolute Gasteiger partial charge is 0.261 e. The van der Waals surface area contributed by atoms with E-state index < -0.39 is 0 Å². The van der Waals surface area contributed by atoms with Crippen LogP contribution in [-0.4, -0.2) is 84.8 Å². The Morgan fingerprint density at radius 3 is 1.89 bits per heavy atom. The van der Waals surface area contributed by atoms with E-state index in [4.69, 9.17) is 4.74 Å². The van der Waals surface area contributed by atoms with E-state index in [1.54, 1.807) is 41.2 Å². The van der Waals surface area contributed by atoms with Crippen molar-refractivity contribution in [3.05, 3.63) is 35.4 Å². The predicted octanol–water partition coefficient (Wildman–Crippen LogP) is 0.770. The Balaban J connectivity index is 1.42. The summed E-state index contributed by atoms with van der Waals surface area (Å²) in [5.41, 5.74) is 0.848. The van der Waals surface area contributed by atoms with Crippen molar-refractivity contribution in [2.24, 2.45) is 0 Å². The number of fused-ring (bicyclic) bond motifs is 1. The number of imide groups is 1. The van der Waals surface area contributed by atoms with Gasteiger partial charge in [-0.1, -0.05) is 12.1 Å². The topological polar surface area (TPSA) is 87.2 Å². The van der Waals surface area contributed by atoms with Gasteiger partial charge in [0.05, 0.1) is 24.2 Å². The fourth-order valence-corrected chi connectivity index (χ4v) is 3.54. The maximum absolute atomic E-state index is 12.4. The molecule has 28 heavy (non-hydrogen) atoms. The first-order chi connectivity index (χ1) is 13.5. The molecule has 8 nitrogen and oxygen atoms in total. The maximum Gasteiger partial charge on any atom is 0.261 e. The molecule has 2 heterocycles. The SMILES string of the molecule is COCCC(=O)N1CCN(C(=O)CCCN2C(=O)c3ccccc3C2=O)CC1. The van der Waals surface area contributed by atoms with Crippen molar-refractivity contribution in [2.75, 3.05) is 46.4 Å². The second-order valence-corrected chi connectivity index (χ2v) is 6.92. The van der Waals surface area contributed by atoms with Crippen LogP contribution in [0, 0.1) is 0 Å². The summed E-state index contributed by atoms with van der Waals surface area (Å²) in [4.78, 5) is 53.7. The number of ether oxygens (including phenoxy) is 1. The second kappa shape index (κ2) is 8.97. The van der Waals surface area contributed by atoms with Gasteiger partial charge in [0.2, 0.25) is 11.8 Å². The normalized spacial score (nSPS) is 16.5. The monoisotopic (exact) mass is 387 g/mol. The minimum absolute atomic E-state index is 0.0133. The quantitative estimate of drug-likeness (QED) is 0.645.